The van der Waals surface area contributed by atoms with E-state index in [1.54, 1.807) is 12.1 Å². The van der Waals surface area contributed by atoms with Crippen LogP contribution in [-0.2, 0) is 0 Å². The van der Waals surface area contributed by atoms with Gasteiger partial charge in [-0.05, 0) is 48.2 Å². The molecule has 1 N–H and O–H groups in total. The lowest BCUT2D eigenvalue weighted by Crippen LogP contribution is -1.92. The fourth-order valence-corrected chi connectivity index (χ4v) is 2.68. The Morgan fingerprint density at radius 2 is 2.00 bits per heavy atom. The molecule has 0 spiro atoms. The average molecular weight is 276 g/mol. The molecule has 0 saturated carbocycles. The number of aryl methyl sites for hydroxylation is 1. The minimum Gasteiger partial charge on any atom is -0.477 e. The highest BCUT2D eigenvalue weighted by atomic mass is 32.1. The maximum absolute atomic E-state index is 10.8. The first-order valence-electron chi connectivity index (χ1n) is 6.09. The zero-order valence-electron chi connectivity index (χ0n) is 11.1. The number of hydrogen-bond acceptors (Lipinski definition) is 3. The number of aromatic carboxylic acids is 1. The van der Waals surface area contributed by atoms with E-state index >= 15 is 0 Å². The lowest BCUT2D eigenvalue weighted by molar-refractivity contribution is 0.0702. The summed E-state index contributed by atoms with van der Waals surface area (Å²) in [5.74, 6) is 0.293. The van der Waals surface area contributed by atoms with Gasteiger partial charge < -0.3 is 9.84 Å². The van der Waals surface area contributed by atoms with Crippen LogP contribution in [0.5, 0.6) is 10.8 Å². The van der Waals surface area contributed by atoms with Crippen molar-refractivity contribution in [2.24, 2.45) is 0 Å². The largest absolute Gasteiger partial charge is 0.477 e. The van der Waals surface area contributed by atoms with Crippen molar-refractivity contribution in [2.45, 2.75) is 26.7 Å². The fraction of sp³-hybridized carbons (Fsp3) is 0.267. The number of carbonyl (C=O) groups is 1. The first-order valence-corrected chi connectivity index (χ1v) is 6.90. The predicted octanol–water partition coefficient (Wildman–Crippen LogP) is 4.67. The van der Waals surface area contributed by atoms with Gasteiger partial charge in [-0.3, -0.25) is 0 Å². The van der Waals surface area contributed by atoms with Gasteiger partial charge in [-0.2, -0.15) is 0 Å². The molecule has 1 aromatic carbocycles. The number of rotatable bonds is 4. The number of benzene rings is 1. The summed E-state index contributed by atoms with van der Waals surface area (Å²) in [6, 6.07) is 9.19. The van der Waals surface area contributed by atoms with Crippen molar-refractivity contribution in [3.05, 3.63) is 46.3 Å². The number of thiophene rings is 1. The monoisotopic (exact) mass is 276 g/mol. The minimum absolute atomic E-state index is 0.283. The van der Waals surface area contributed by atoms with Gasteiger partial charge in [0.1, 0.15) is 10.6 Å². The van der Waals surface area contributed by atoms with E-state index in [-0.39, 0.29) is 4.88 Å². The zero-order valence-corrected chi connectivity index (χ0v) is 12.0. The topological polar surface area (TPSA) is 46.5 Å². The van der Waals surface area contributed by atoms with Gasteiger partial charge in [0.25, 0.3) is 0 Å². The van der Waals surface area contributed by atoms with E-state index < -0.39 is 5.97 Å². The van der Waals surface area contributed by atoms with Crippen LogP contribution in [-0.4, -0.2) is 11.1 Å². The molecule has 0 radical (unpaired) electrons. The van der Waals surface area contributed by atoms with Crippen LogP contribution in [0.3, 0.4) is 0 Å². The second-order valence-electron chi connectivity index (χ2n) is 4.70. The molecule has 0 aliphatic carbocycles. The molecule has 1 aromatic heterocycles. The first kappa shape index (κ1) is 13.6. The maximum atomic E-state index is 10.8. The summed E-state index contributed by atoms with van der Waals surface area (Å²) in [4.78, 5) is 11.1. The molecule has 3 nitrogen and oxygen atoms in total. The molecule has 4 heteroatoms. The summed E-state index contributed by atoms with van der Waals surface area (Å²) in [6.45, 7) is 6.36. The molecule has 0 amide bonds. The summed E-state index contributed by atoms with van der Waals surface area (Å²) >= 11 is 1.13. The van der Waals surface area contributed by atoms with Crippen LogP contribution in [0, 0.1) is 6.92 Å². The summed E-state index contributed by atoms with van der Waals surface area (Å²) in [6.07, 6.45) is 0. The SMILES string of the molecule is Cc1cc(Oc2ccc(C(=O)O)s2)ccc1C(C)C. The highest BCUT2D eigenvalue weighted by Gasteiger charge is 2.09. The zero-order chi connectivity index (χ0) is 14.0. The Labute approximate surface area is 116 Å². The smallest absolute Gasteiger partial charge is 0.345 e. The van der Waals surface area contributed by atoms with Crippen molar-refractivity contribution >= 4 is 17.3 Å². The summed E-state index contributed by atoms with van der Waals surface area (Å²) in [5.41, 5.74) is 2.48. The third-order valence-corrected chi connectivity index (χ3v) is 3.83. The van der Waals surface area contributed by atoms with Gasteiger partial charge in [0.15, 0.2) is 5.06 Å². The number of carboxylic acid groups (broad SMARTS) is 1. The molecule has 1 heterocycles. The van der Waals surface area contributed by atoms with Crippen LogP contribution >= 0.6 is 11.3 Å². The van der Waals surface area contributed by atoms with E-state index in [1.165, 1.54) is 11.1 Å². The third-order valence-electron chi connectivity index (χ3n) is 2.87. The van der Waals surface area contributed by atoms with Gasteiger partial charge in [-0.1, -0.05) is 31.3 Å². The Kier molecular flexibility index (Phi) is 3.90. The summed E-state index contributed by atoms with van der Waals surface area (Å²) < 4.78 is 5.68. The maximum Gasteiger partial charge on any atom is 0.345 e. The van der Waals surface area contributed by atoms with Crippen molar-refractivity contribution in [1.82, 2.24) is 0 Å². The van der Waals surface area contributed by atoms with Gasteiger partial charge in [-0.25, -0.2) is 4.79 Å². The van der Waals surface area contributed by atoms with E-state index in [0.717, 1.165) is 17.1 Å². The molecule has 19 heavy (non-hydrogen) atoms. The van der Waals surface area contributed by atoms with Crippen LogP contribution in [0.25, 0.3) is 0 Å². The minimum atomic E-state index is -0.925. The lowest BCUT2D eigenvalue weighted by Gasteiger charge is -2.11. The number of ether oxygens (including phenoxy) is 1. The van der Waals surface area contributed by atoms with Gasteiger partial charge in [-0.15, -0.1) is 0 Å². The van der Waals surface area contributed by atoms with Crippen LogP contribution in [0.1, 0.15) is 40.6 Å². The van der Waals surface area contributed by atoms with E-state index in [9.17, 15) is 4.79 Å². The molecule has 0 saturated heterocycles. The Morgan fingerprint density at radius 3 is 2.53 bits per heavy atom. The molecule has 2 aromatic rings. The van der Waals surface area contributed by atoms with E-state index in [2.05, 4.69) is 26.8 Å². The van der Waals surface area contributed by atoms with E-state index in [4.69, 9.17) is 9.84 Å². The van der Waals surface area contributed by atoms with Gasteiger partial charge >= 0.3 is 5.97 Å². The molecular formula is C15H16O3S. The Morgan fingerprint density at radius 1 is 1.26 bits per heavy atom. The van der Waals surface area contributed by atoms with Crippen molar-refractivity contribution in [3.63, 3.8) is 0 Å². The first-order chi connectivity index (χ1) is 8.97. The van der Waals surface area contributed by atoms with Crippen LogP contribution in [0.2, 0.25) is 0 Å². The quantitative estimate of drug-likeness (QED) is 0.882. The Balaban J connectivity index is 2.19. The van der Waals surface area contributed by atoms with Crippen LogP contribution in [0.4, 0.5) is 0 Å². The molecule has 0 fully saturated rings. The van der Waals surface area contributed by atoms with E-state index in [0.29, 0.717) is 11.0 Å². The molecule has 0 atom stereocenters. The highest BCUT2D eigenvalue weighted by molar-refractivity contribution is 7.15. The molecule has 0 aliphatic heterocycles. The molecule has 100 valence electrons. The van der Waals surface area contributed by atoms with Crippen molar-refractivity contribution in [1.29, 1.82) is 0 Å². The molecule has 0 bridgehead atoms. The summed E-state index contributed by atoms with van der Waals surface area (Å²) in [5, 5.41) is 9.45. The second-order valence-corrected chi connectivity index (χ2v) is 5.75. The van der Waals surface area contributed by atoms with Gasteiger partial charge in [0, 0.05) is 0 Å². The standard InChI is InChI=1S/C15H16O3S/c1-9(2)12-5-4-11(8-10(12)3)18-14-7-6-13(19-14)15(16)17/h4-9H,1-3H3,(H,16,17). The summed E-state index contributed by atoms with van der Waals surface area (Å²) in [7, 11) is 0. The van der Waals surface area contributed by atoms with E-state index in [1.807, 2.05) is 12.1 Å². The second kappa shape index (κ2) is 5.45. The van der Waals surface area contributed by atoms with Crippen molar-refractivity contribution in [2.75, 3.05) is 0 Å². The fourth-order valence-electron chi connectivity index (χ4n) is 1.97. The molecule has 0 aliphatic rings. The molecular weight excluding hydrogens is 260 g/mol. The van der Waals surface area contributed by atoms with Crippen LogP contribution < -0.4 is 4.74 Å². The van der Waals surface area contributed by atoms with Gasteiger partial charge in [0.2, 0.25) is 0 Å². The van der Waals surface area contributed by atoms with Crippen molar-refractivity contribution < 1.29 is 14.6 Å². The molecule has 2 rings (SSSR count). The van der Waals surface area contributed by atoms with Crippen LogP contribution in [0.15, 0.2) is 30.3 Å². The number of carboxylic acids is 1. The lowest BCUT2D eigenvalue weighted by atomic mass is 9.98. The molecule has 0 unspecified atom stereocenters. The highest BCUT2D eigenvalue weighted by Crippen LogP contribution is 2.31. The normalized spacial score (nSPS) is 10.7. The third kappa shape index (κ3) is 3.15. The Bertz CT molecular complexity index is 599. The Hall–Kier alpha value is -1.81. The number of hydrogen-bond donors (Lipinski definition) is 1. The average Bonchev–Trinajstić information content (AvgIpc) is 2.77. The predicted molar refractivity (Wildman–Crippen MR) is 76.6 cm³/mol. The van der Waals surface area contributed by atoms with Crippen molar-refractivity contribution in [3.8, 4) is 10.8 Å². The van der Waals surface area contributed by atoms with Gasteiger partial charge in [0.05, 0.1) is 0 Å².